The second kappa shape index (κ2) is 7.25. The fourth-order valence-electron chi connectivity index (χ4n) is 6.23. The Morgan fingerprint density at radius 2 is 1.69 bits per heavy atom. The third-order valence-corrected chi connectivity index (χ3v) is 7.22. The number of hydrogen-bond donors (Lipinski definition) is 1. The maximum Gasteiger partial charge on any atom is 0.220 e. The molecule has 1 aromatic rings. The zero-order valence-electron chi connectivity index (χ0n) is 16.3. The molecule has 0 saturated heterocycles. The zero-order valence-corrected chi connectivity index (χ0v) is 16.3. The average molecular weight is 356 g/mol. The Hall–Kier alpha value is -1.51. The van der Waals surface area contributed by atoms with Crippen molar-refractivity contribution >= 4 is 5.91 Å². The normalized spacial score (nSPS) is 33.1. The summed E-state index contributed by atoms with van der Waals surface area (Å²) in [7, 11) is 0. The highest BCUT2D eigenvalue weighted by Gasteiger charge is 2.53. The maximum atomic E-state index is 12.4. The van der Waals surface area contributed by atoms with Crippen molar-refractivity contribution in [3.63, 3.8) is 0 Å². The number of hydrogen-bond acceptors (Lipinski definition) is 2. The number of aryl methyl sites for hydroxylation is 1. The second-order valence-electron chi connectivity index (χ2n) is 9.33. The first-order valence-corrected chi connectivity index (χ1v) is 10.5. The maximum absolute atomic E-state index is 12.4. The summed E-state index contributed by atoms with van der Waals surface area (Å²) in [6.07, 6.45) is 9.73. The number of carbonyl (C=O) groups excluding carboxylic acids is 1. The van der Waals surface area contributed by atoms with Crippen molar-refractivity contribution in [2.75, 3.05) is 6.61 Å². The second-order valence-corrected chi connectivity index (χ2v) is 9.33. The topological polar surface area (TPSA) is 38.3 Å². The molecule has 4 aliphatic rings. The molecule has 4 fully saturated rings. The summed E-state index contributed by atoms with van der Waals surface area (Å²) < 4.78 is 5.74. The van der Waals surface area contributed by atoms with E-state index in [1.165, 1.54) is 44.1 Å². The van der Waals surface area contributed by atoms with Crippen LogP contribution in [0.4, 0.5) is 0 Å². The van der Waals surface area contributed by atoms with Crippen LogP contribution in [0.3, 0.4) is 0 Å². The van der Waals surface area contributed by atoms with Crippen molar-refractivity contribution in [3.8, 4) is 5.75 Å². The molecule has 1 atom stereocenters. The van der Waals surface area contributed by atoms with Crippen LogP contribution in [0.15, 0.2) is 24.3 Å². The van der Waals surface area contributed by atoms with Crippen LogP contribution in [0.5, 0.6) is 5.75 Å². The van der Waals surface area contributed by atoms with Gasteiger partial charge in [-0.2, -0.15) is 0 Å². The molecule has 4 saturated carbocycles. The van der Waals surface area contributed by atoms with Gasteiger partial charge in [-0.05, 0) is 94.1 Å². The van der Waals surface area contributed by atoms with Crippen LogP contribution in [-0.2, 0) is 4.79 Å². The molecule has 0 aliphatic heterocycles. The van der Waals surface area contributed by atoms with E-state index in [-0.39, 0.29) is 5.91 Å². The molecular formula is C23H33NO2. The van der Waals surface area contributed by atoms with Gasteiger partial charge in [-0.15, -0.1) is 0 Å². The van der Waals surface area contributed by atoms with Gasteiger partial charge in [0.2, 0.25) is 5.91 Å². The quantitative estimate of drug-likeness (QED) is 0.708. The van der Waals surface area contributed by atoms with Gasteiger partial charge in [-0.3, -0.25) is 4.79 Å². The molecule has 4 bridgehead atoms. The summed E-state index contributed by atoms with van der Waals surface area (Å²) in [5, 5.41) is 3.35. The highest BCUT2D eigenvalue weighted by molar-refractivity contribution is 5.76. The zero-order chi connectivity index (χ0) is 18.1. The molecule has 3 heteroatoms. The Morgan fingerprint density at radius 3 is 2.27 bits per heavy atom. The Bertz CT molecular complexity index is 601. The number of amides is 1. The standard InChI is InChI=1S/C23H33NO2/c1-16-5-7-21(8-6-16)26-9-3-4-22(25)24-17(2)23-13-18-10-19(14-23)12-20(11-18)15-23/h5-8,17-20H,3-4,9-15H2,1-2H3,(H,24,25)/t17-,18?,19?,20?,23?/m0/s1. The van der Waals surface area contributed by atoms with E-state index in [9.17, 15) is 4.79 Å². The van der Waals surface area contributed by atoms with Crippen LogP contribution in [0.1, 0.15) is 63.9 Å². The van der Waals surface area contributed by atoms with Crippen molar-refractivity contribution in [3.05, 3.63) is 29.8 Å². The fraction of sp³-hybridized carbons (Fsp3) is 0.696. The van der Waals surface area contributed by atoms with Gasteiger partial charge < -0.3 is 10.1 Å². The van der Waals surface area contributed by atoms with Gasteiger partial charge in [0, 0.05) is 12.5 Å². The molecule has 3 nitrogen and oxygen atoms in total. The molecule has 0 aromatic heterocycles. The molecule has 1 aromatic carbocycles. The Kier molecular flexibility index (Phi) is 4.98. The number of carbonyl (C=O) groups is 1. The van der Waals surface area contributed by atoms with Gasteiger partial charge in [-0.25, -0.2) is 0 Å². The minimum Gasteiger partial charge on any atom is -0.494 e. The van der Waals surface area contributed by atoms with Crippen molar-refractivity contribution in [1.29, 1.82) is 0 Å². The lowest BCUT2D eigenvalue weighted by Gasteiger charge is -2.59. The minimum atomic E-state index is 0.195. The van der Waals surface area contributed by atoms with Crippen molar-refractivity contribution in [2.45, 2.75) is 71.3 Å². The Labute approximate surface area is 157 Å². The molecule has 0 unspecified atom stereocenters. The number of rotatable bonds is 7. The first-order valence-electron chi connectivity index (χ1n) is 10.5. The molecule has 1 N–H and O–H groups in total. The first kappa shape index (κ1) is 17.9. The number of ether oxygens (including phenoxy) is 1. The van der Waals surface area contributed by atoms with E-state index < -0.39 is 0 Å². The minimum absolute atomic E-state index is 0.195. The molecule has 4 aliphatic carbocycles. The van der Waals surface area contributed by atoms with Crippen LogP contribution in [0, 0.1) is 30.1 Å². The molecule has 0 radical (unpaired) electrons. The van der Waals surface area contributed by atoms with Crippen LogP contribution in [-0.4, -0.2) is 18.6 Å². The summed E-state index contributed by atoms with van der Waals surface area (Å²) in [4.78, 5) is 12.4. The molecule has 26 heavy (non-hydrogen) atoms. The van der Waals surface area contributed by atoms with E-state index in [2.05, 4.69) is 31.3 Å². The third-order valence-electron chi connectivity index (χ3n) is 7.22. The third kappa shape index (κ3) is 3.77. The van der Waals surface area contributed by atoms with E-state index in [0.29, 0.717) is 24.5 Å². The van der Waals surface area contributed by atoms with Crippen molar-refractivity contribution < 1.29 is 9.53 Å². The molecule has 5 rings (SSSR count). The molecule has 142 valence electrons. The van der Waals surface area contributed by atoms with E-state index in [1.807, 2.05) is 12.1 Å². The Morgan fingerprint density at radius 1 is 1.12 bits per heavy atom. The van der Waals surface area contributed by atoms with Crippen LogP contribution < -0.4 is 10.1 Å². The molecular weight excluding hydrogens is 322 g/mol. The fourth-order valence-corrected chi connectivity index (χ4v) is 6.23. The summed E-state index contributed by atoms with van der Waals surface area (Å²) >= 11 is 0. The van der Waals surface area contributed by atoms with Crippen molar-refractivity contribution in [1.82, 2.24) is 5.32 Å². The molecule has 0 heterocycles. The van der Waals surface area contributed by atoms with Gasteiger partial charge in [0.1, 0.15) is 5.75 Å². The SMILES string of the molecule is Cc1ccc(OCCCC(=O)N[C@@H](C)C23CC4CC(CC(C4)C2)C3)cc1. The summed E-state index contributed by atoms with van der Waals surface area (Å²) in [5.41, 5.74) is 1.62. The van der Waals surface area contributed by atoms with Crippen molar-refractivity contribution in [2.24, 2.45) is 23.2 Å². The lowest BCUT2D eigenvalue weighted by Crippen LogP contribution is -2.55. The Balaban J connectivity index is 1.21. The van der Waals surface area contributed by atoms with E-state index >= 15 is 0 Å². The highest BCUT2D eigenvalue weighted by atomic mass is 16.5. The lowest BCUT2D eigenvalue weighted by molar-refractivity contribution is -0.126. The van der Waals surface area contributed by atoms with E-state index in [4.69, 9.17) is 4.74 Å². The highest BCUT2D eigenvalue weighted by Crippen LogP contribution is 2.61. The predicted molar refractivity (Wildman–Crippen MR) is 104 cm³/mol. The van der Waals surface area contributed by atoms with Crippen LogP contribution in [0.2, 0.25) is 0 Å². The summed E-state index contributed by atoms with van der Waals surface area (Å²) in [6, 6.07) is 8.40. The van der Waals surface area contributed by atoms with Gasteiger partial charge in [0.15, 0.2) is 0 Å². The van der Waals surface area contributed by atoms with Gasteiger partial charge in [0.05, 0.1) is 6.61 Å². The molecule has 0 spiro atoms. The smallest absolute Gasteiger partial charge is 0.220 e. The number of benzene rings is 1. The average Bonchev–Trinajstić information content (AvgIpc) is 2.59. The van der Waals surface area contributed by atoms with Gasteiger partial charge in [-0.1, -0.05) is 17.7 Å². The monoisotopic (exact) mass is 355 g/mol. The van der Waals surface area contributed by atoms with Gasteiger partial charge >= 0.3 is 0 Å². The van der Waals surface area contributed by atoms with Crippen LogP contribution in [0.25, 0.3) is 0 Å². The van der Waals surface area contributed by atoms with E-state index in [0.717, 1.165) is 29.9 Å². The van der Waals surface area contributed by atoms with Gasteiger partial charge in [0.25, 0.3) is 0 Å². The summed E-state index contributed by atoms with van der Waals surface area (Å²) in [6.45, 7) is 4.93. The summed E-state index contributed by atoms with van der Waals surface area (Å²) in [5.74, 6) is 3.88. The van der Waals surface area contributed by atoms with E-state index in [1.54, 1.807) is 0 Å². The largest absolute Gasteiger partial charge is 0.494 e. The lowest BCUT2D eigenvalue weighted by atomic mass is 9.48. The first-order chi connectivity index (χ1) is 12.5. The predicted octanol–water partition coefficient (Wildman–Crippen LogP) is 4.88. The van der Waals surface area contributed by atoms with Crippen LogP contribution >= 0.6 is 0 Å². The number of nitrogens with one attached hydrogen (secondary N) is 1. The molecule has 1 amide bonds.